The first kappa shape index (κ1) is 11.3. The monoisotopic (exact) mass is 195 g/mol. The molecule has 0 radical (unpaired) electrons. The van der Waals surface area contributed by atoms with Gasteiger partial charge in [-0.1, -0.05) is 25.5 Å². The van der Waals surface area contributed by atoms with Crippen LogP contribution in [0.25, 0.3) is 0 Å². The molecule has 0 bridgehead atoms. The van der Waals surface area contributed by atoms with Crippen LogP contribution in [-0.2, 0) is 4.79 Å². The van der Waals surface area contributed by atoms with E-state index in [1.165, 1.54) is 5.57 Å². The normalized spacial score (nSPS) is 28.1. The van der Waals surface area contributed by atoms with Crippen molar-refractivity contribution in [3.05, 3.63) is 11.6 Å². The summed E-state index contributed by atoms with van der Waals surface area (Å²) >= 11 is 0. The fourth-order valence-corrected chi connectivity index (χ4v) is 2.10. The van der Waals surface area contributed by atoms with Crippen LogP contribution in [0.4, 0.5) is 0 Å². The number of carbonyl (C=O) groups excluding carboxylic acids is 1. The molecule has 0 spiro atoms. The molecule has 1 saturated carbocycles. The summed E-state index contributed by atoms with van der Waals surface area (Å²) in [4.78, 5) is 13.5. The maximum absolute atomic E-state index is 11.8. The number of rotatable bonds is 2. The van der Waals surface area contributed by atoms with Crippen molar-refractivity contribution < 1.29 is 4.79 Å². The number of nitrogens with zero attached hydrogens (tertiary/aromatic N) is 1. The second-order valence-electron chi connectivity index (χ2n) is 5.30. The highest BCUT2D eigenvalue weighted by molar-refractivity contribution is 5.83. The molecule has 0 aromatic heterocycles. The number of hydrogen-bond acceptors (Lipinski definition) is 1. The van der Waals surface area contributed by atoms with Gasteiger partial charge in [0.1, 0.15) is 0 Å². The van der Waals surface area contributed by atoms with Gasteiger partial charge < -0.3 is 4.90 Å². The van der Waals surface area contributed by atoms with Gasteiger partial charge in [0.2, 0.25) is 5.91 Å². The maximum atomic E-state index is 11.8. The molecule has 0 N–H and O–H groups in total. The number of amides is 1. The van der Waals surface area contributed by atoms with Crippen molar-refractivity contribution in [1.82, 2.24) is 4.90 Å². The van der Waals surface area contributed by atoms with Gasteiger partial charge in [-0.15, -0.1) is 0 Å². The molecule has 2 heteroatoms. The Kier molecular flexibility index (Phi) is 2.75. The van der Waals surface area contributed by atoms with Gasteiger partial charge in [-0.05, 0) is 25.2 Å². The van der Waals surface area contributed by atoms with Crippen molar-refractivity contribution in [2.45, 2.75) is 27.7 Å². The SMILES string of the molecule is CC(C)=CC1C(C(=O)N(C)C)C1(C)C. The van der Waals surface area contributed by atoms with Crippen LogP contribution in [0.3, 0.4) is 0 Å². The van der Waals surface area contributed by atoms with Crippen molar-refractivity contribution >= 4 is 5.91 Å². The molecule has 0 aromatic carbocycles. The van der Waals surface area contributed by atoms with Crippen LogP contribution < -0.4 is 0 Å². The summed E-state index contributed by atoms with van der Waals surface area (Å²) in [5.74, 6) is 0.882. The van der Waals surface area contributed by atoms with E-state index in [1.807, 2.05) is 14.1 Å². The zero-order valence-corrected chi connectivity index (χ0v) is 10.1. The summed E-state index contributed by atoms with van der Waals surface area (Å²) in [6.07, 6.45) is 2.23. The fourth-order valence-electron chi connectivity index (χ4n) is 2.10. The third kappa shape index (κ3) is 1.84. The molecule has 1 rings (SSSR count). The minimum Gasteiger partial charge on any atom is -0.349 e. The van der Waals surface area contributed by atoms with Gasteiger partial charge in [-0.25, -0.2) is 0 Å². The molecule has 80 valence electrons. The Morgan fingerprint density at radius 3 is 2.14 bits per heavy atom. The van der Waals surface area contributed by atoms with Crippen LogP contribution >= 0.6 is 0 Å². The lowest BCUT2D eigenvalue weighted by Crippen LogP contribution is -2.25. The predicted molar refractivity (Wildman–Crippen MR) is 58.9 cm³/mol. The molecular formula is C12H21NO. The quantitative estimate of drug-likeness (QED) is 0.619. The van der Waals surface area contributed by atoms with E-state index in [4.69, 9.17) is 0 Å². The molecule has 14 heavy (non-hydrogen) atoms. The van der Waals surface area contributed by atoms with Crippen LogP contribution in [0.5, 0.6) is 0 Å². The highest BCUT2D eigenvalue weighted by Gasteiger charge is 2.60. The van der Waals surface area contributed by atoms with Crippen LogP contribution in [0, 0.1) is 17.3 Å². The lowest BCUT2D eigenvalue weighted by molar-refractivity contribution is -0.130. The van der Waals surface area contributed by atoms with Gasteiger partial charge in [0.05, 0.1) is 5.92 Å². The summed E-state index contributed by atoms with van der Waals surface area (Å²) in [5, 5.41) is 0. The lowest BCUT2D eigenvalue weighted by Gasteiger charge is -2.10. The van der Waals surface area contributed by atoms with Crippen LogP contribution in [0.2, 0.25) is 0 Å². The Labute approximate surface area is 87.0 Å². The van der Waals surface area contributed by atoms with Gasteiger partial charge in [0.15, 0.2) is 0 Å². The summed E-state index contributed by atoms with van der Waals surface area (Å²) in [5.41, 5.74) is 1.45. The van der Waals surface area contributed by atoms with Gasteiger partial charge in [-0.3, -0.25) is 4.79 Å². The van der Waals surface area contributed by atoms with E-state index in [-0.39, 0.29) is 17.2 Å². The fraction of sp³-hybridized carbons (Fsp3) is 0.750. The zero-order valence-electron chi connectivity index (χ0n) is 10.1. The maximum Gasteiger partial charge on any atom is 0.226 e. The van der Waals surface area contributed by atoms with Crippen molar-refractivity contribution in [3.63, 3.8) is 0 Å². The Morgan fingerprint density at radius 1 is 1.29 bits per heavy atom. The number of allylic oxidation sites excluding steroid dienone is 2. The number of hydrogen-bond donors (Lipinski definition) is 0. The van der Waals surface area contributed by atoms with E-state index < -0.39 is 0 Å². The van der Waals surface area contributed by atoms with E-state index in [2.05, 4.69) is 33.8 Å². The minimum atomic E-state index is 0.151. The predicted octanol–water partition coefficient (Wildman–Crippen LogP) is 2.31. The van der Waals surface area contributed by atoms with Gasteiger partial charge >= 0.3 is 0 Å². The van der Waals surface area contributed by atoms with Gasteiger partial charge in [0, 0.05) is 14.1 Å². The first-order chi connectivity index (χ1) is 6.28. The van der Waals surface area contributed by atoms with E-state index in [0.717, 1.165) is 0 Å². The van der Waals surface area contributed by atoms with Crippen molar-refractivity contribution in [2.24, 2.45) is 17.3 Å². The molecule has 0 saturated heterocycles. The average Bonchev–Trinajstić information content (AvgIpc) is 2.50. The molecule has 1 aliphatic carbocycles. The van der Waals surface area contributed by atoms with E-state index >= 15 is 0 Å². The van der Waals surface area contributed by atoms with Crippen molar-refractivity contribution in [1.29, 1.82) is 0 Å². The van der Waals surface area contributed by atoms with E-state index in [9.17, 15) is 4.79 Å². The molecule has 1 amide bonds. The average molecular weight is 195 g/mol. The second-order valence-corrected chi connectivity index (χ2v) is 5.30. The Balaban J connectivity index is 2.76. The van der Waals surface area contributed by atoms with Crippen LogP contribution in [-0.4, -0.2) is 24.9 Å². The summed E-state index contributed by atoms with van der Waals surface area (Å²) in [6.45, 7) is 8.52. The molecule has 0 heterocycles. The second kappa shape index (κ2) is 3.41. The summed E-state index contributed by atoms with van der Waals surface area (Å²) in [7, 11) is 3.66. The highest BCUT2D eigenvalue weighted by atomic mass is 16.2. The molecule has 2 atom stereocenters. The molecule has 0 aliphatic heterocycles. The first-order valence-electron chi connectivity index (χ1n) is 5.14. The smallest absolute Gasteiger partial charge is 0.226 e. The van der Waals surface area contributed by atoms with Crippen molar-refractivity contribution in [3.8, 4) is 0 Å². The molecule has 0 aromatic rings. The van der Waals surface area contributed by atoms with E-state index in [0.29, 0.717) is 5.92 Å². The van der Waals surface area contributed by atoms with Crippen LogP contribution in [0.1, 0.15) is 27.7 Å². The lowest BCUT2D eigenvalue weighted by atomic mass is 10.1. The molecule has 2 nitrogen and oxygen atoms in total. The molecular weight excluding hydrogens is 174 g/mol. The third-order valence-corrected chi connectivity index (χ3v) is 3.13. The largest absolute Gasteiger partial charge is 0.349 e. The first-order valence-corrected chi connectivity index (χ1v) is 5.14. The van der Waals surface area contributed by atoms with Crippen LogP contribution in [0.15, 0.2) is 11.6 Å². The topological polar surface area (TPSA) is 20.3 Å². The minimum absolute atomic E-state index is 0.151. The van der Waals surface area contributed by atoms with Gasteiger partial charge in [-0.2, -0.15) is 0 Å². The standard InChI is InChI=1S/C12H21NO/c1-8(2)7-9-10(12(9,3)4)11(14)13(5)6/h7,9-10H,1-6H3. The highest BCUT2D eigenvalue weighted by Crippen LogP contribution is 2.59. The summed E-state index contributed by atoms with van der Waals surface area (Å²) in [6, 6.07) is 0. The van der Waals surface area contributed by atoms with E-state index in [1.54, 1.807) is 4.90 Å². The summed E-state index contributed by atoms with van der Waals surface area (Å²) < 4.78 is 0. The Morgan fingerprint density at radius 2 is 1.79 bits per heavy atom. The van der Waals surface area contributed by atoms with Gasteiger partial charge in [0.25, 0.3) is 0 Å². The Bertz CT molecular complexity index is 272. The molecule has 1 fully saturated rings. The zero-order chi connectivity index (χ0) is 11.1. The third-order valence-electron chi connectivity index (χ3n) is 3.13. The van der Waals surface area contributed by atoms with Crippen molar-refractivity contribution in [2.75, 3.05) is 14.1 Å². The molecule has 1 aliphatic rings. The number of carbonyl (C=O) groups is 1. The Hall–Kier alpha value is -0.790. The molecule has 2 unspecified atom stereocenters.